The second kappa shape index (κ2) is 8.02. The van der Waals surface area contributed by atoms with Crippen LogP contribution in [0, 0.1) is 11.3 Å². The van der Waals surface area contributed by atoms with E-state index in [2.05, 4.69) is 9.47 Å². The van der Waals surface area contributed by atoms with Crippen LogP contribution in [0.15, 0.2) is 0 Å². The number of methoxy groups -OCH3 is 1. The predicted molar refractivity (Wildman–Crippen MR) is 74.6 cm³/mol. The lowest BCUT2D eigenvalue weighted by Gasteiger charge is -2.37. The van der Waals surface area contributed by atoms with Gasteiger partial charge < -0.3 is 19.4 Å². The zero-order valence-corrected chi connectivity index (χ0v) is 14.7. The Morgan fingerprint density at radius 1 is 1.04 bits per heavy atom. The van der Waals surface area contributed by atoms with E-state index in [1.54, 1.807) is 0 Å². The number of esters is 2. The van der Waals surface area contributed by atoms with E-state index >= 15 is 0 Å². The number of carboxylic acids is 1. The average molecular weight is 391 g/mol. The van der Waals surface area contributed by atoms with Gasteiger partial charge in [-0.3, -0.25) is 9.59 Å². The van der Waals surface area contributed by atoms with Crippen LogP contribution in [0.1, 0.15) is 20.8 Å². The van der Waals surface area contributed by atoms with Crippen molar-refractivity contribution in [2.45, 2.75) is 33.1 Å². The molecular formula is C13H18F3O8S-. The van der Waals surface area contributed by atoms with Crippen LogP contribution in [0.5, 0.6) is 0 Å². The van der Waals surface area contributed by atoms with Crippen molar-refractivity contribution in [2.24, 2.45) is 11.3 Å². The maximum Gasteiger partial charge on any atom is 0.400 e. The minimum atomic E-state index is -5.29. The number of aliphatic carboxylic acids is 1. The summed E-state index contributed by atoms with van der Waals surface area (Å²) >= 11 is 0. The Hall–Kier alpha value is -1.85. The Morgan fingerprint density at radius 3 is 1.80 bits per heavy atom. The van der Waals surface area contributed by atoms with Gasteiger partial charge in [-0.25, -0.2) is 8.42 Å². The summed E-state index contributed by atoms with van der Waals surface area (Å²) in [6, 6.07) is 0. The normalized spacial score (nSPS) is 15.2. The SMILES string of the molecule is COC(=O)CS(=O)(=O)CC(=O)OC(C(C(=O)[O-])C(F)(F)F)C(C)(C)C. The minimum absolute atomic E-state index is 0.902. The third-order valence-corrected chi connectivity index (χ3v) is 4.28. The van der Waals surface area contributed by atoms with Gasteiger partial charge in [0.25, 0.3) is 0 Å². The maximum absolute atomic E-state index is 13.0. The summed E-state index contributed by atoms with van der Waals surface area (Å²) in [5.41, 5.74) is -1.50. The van der Waals surface area contributed by atoms with Crippen LogP contribution in [0.3, 0.4) is 0 Å². The molecule has 146 valence electrons. The lowest BCUT2D eigenvalue weighted by molar-refractivity contribution is -0.334. The number of rotatable bonds is 7. The van der Waals surface area contributed by atoms with Crippen molar-refractivity contribution in [3.8, 4) is 0 Å². The lowest BCUT2D eigenvalue weighted by Crippen LogP contribution is -2.53. The molecule has 0 saturated carbocycles. The molecule has 0 radical (unpaired) electrons. The first kappa shape index (κ1) is 23.1. The summed E-state index contributed by atoms with van der Waals surface area (Å²) in [4.78, 5) is 33.5. The molecule has 0 bridgehead atoms. The summed E-state index contributed by atoms with van der Waals surface area (Å²) in [5, 5.41) is 10.9. The van der Waals surface area contributed by atoms with Crippen molar-refractivity contribution in [1.29, 1.82) is 0 Å². The fourth-order valence-electron chi connectivity index (χ4n) is 1.82. The van der Waals surface area contributed by atoms with E-state index in [-0.39, 0.29) is 0 Å². The van der Waals surface area contributed by atoms with E-state index in [0.29, 0.717) is 0 Å². The first-order valence-electron chi connectivity index (χ1n) is 6.75. The van der Waals surface area contributed by atoms with E-state index in [1.807, 2.05) is 0 Å². The number of halogens is 3. The van der Waals surface area contributed by atoms with Gasteiger partial charge in [0.1, 0.15) is 23.5 Å². The lowest BCUT2D eigenvalue weighted by atomic mass is 9.80. The molecule has 0 N–H and O–H groups in total. The van der Waals surface area contributed by atoms with Crippen molar-refractivity contribution >= 4 is 27.7 Å². The molecule has 0 aromatic carbocycles. The van der Waals surface area contributed by atoms with Gasteiger partial charge in [-0.1, -0.05) is 20.8 Å². The molecule has 0 aliphatic carbocycles. The van der Waals surface area contributed by atoms with Gasteiger partial charge in [0.2, 0.25) is 0 Å². The Kier molecular flexibility index (Phi) is 7.43. The molecule has 0 aliphatic rings. The van der Waals surface area contributed by atoms with E-state index in [1.165, 1.54) is 20.8 Å². The second-order valence-electron chi connectivity index (χ2n) is 6.22. The van der Waals surface area contributed by atoms with Gasteiger partial charge in [0.05, 0.1) is 13.1 Å². The molecule has 12 heteroatoms. The fourth-order valence-corrected chi connectivity index (χ4v) is 2.82. The first-order chi connectivity index (χ1) is 11.0. The van der Waals surface area contributed by atoms with Gasteiger partial charge >= 0.3 is 18.1 Å². The molecule has 0 aromatic rings. The number of carbonyl (C=O) groups is 3. The standard InChI is InChI=1S/C13H19F3O8S/c1-12(2,3)10(9(11(19)20)13(14,15)16)24-8(18)6-25(21,22)5-7(17)23-4/h9-10H,5-6H2,1-4H3,(H,19,20)/p-1. The van der Waals surface area contributed by atoms with Crippen LogP contribution < -0.4 is 5.11 Å². The minimum Gasteiger partial charge on any atom is -0.549 e. The number of carbonyl (C=O) groups excluding carboxylic acids is 3. The summed E-state index contributed by atoms with van der Waals surface area (Å²) in [6.07, 6.45) is -7.53. The van der Waals surface area contributed by atoms with Crippen LogP contribution in [-0.2, 0) is 33.7 Å². The van der Waals surface area contributed by atoms with E-state index in [9.17, 15) is 41.1 Å². The summed E-state index contributed by atoms with van der Waals surface area (Å²) in [5.74, 6) is -11.1. The van der Waals surface area contributed by atoms with E-state index < -0.39 is 62.9 Å². The van der Waals surface area contributed by atoms with Crippen molar-refractivity contribution in [1.82, 2.24) is 0 Å². The average Bonchev–Trinajstić information content (AvgIpc) is 2.32. The number of sulfone groups is 1. The maximum atomic E-state index is 13.0. The van der Waals surface area contributed by atoms with Crippen molar-refractivity contribution < 1.29 is 50.6 Å². The highest BCUT2D eigenvalue weighted by molar-refractivity contribution is 7.92. The molecule has 2 unspecified atom stereocenters. The number of carboxylic acid groups (broad SMARTS) is 1. The third kappa shape index (κ3) is 7.71. The monoisotopic (exact) mass is 391 g/mol. The summed E-state index contributed by atoms with van der Waals surface area (Å²) in [6.45, 7) is 3.53. The molecule has 0 heterocycles. The molecule has 0 aromatic heterocycles. The van der Waals surface area contributed by atoms with Crippen LogP contribution in [0.25, 0.3) is 0 Å². The molecule has 2 atom stereocenters. The Morgan fingerprint density at radius 2 is 1.48 bits per heavy atom. The highest BCUT2D eigenvalue weighted by atomic mass is 32.2. The van der Waals surface area contributed by atoms with Gasteiger partial charge in [-0.05, 0) is 5.41 Å². The summed E-state index contributed by atoms with van der Waals surface area (Å²) in [7, 11) is -3.46. The smallest absolute Gasteiger partial charge is 0.400 e. The predicted octanol–water partition coefficient (Wildman–Crippen LogP) is -0.539. The molecule has 0 aliphatic heterocycles. The number of ether oxygens (including phenoxy) is 2. The van der Waals surface area contributed by atoms with Crippen molar-refractivity contribution in [2.75, 3.05) is 18.6 Å². The number of alkyl halides is 3. The van der Waals surface area contributed by atoms with Crippen molar-refractivity contribution in [3.05, 3.63) is 0 Å². The van der Waals surface area contributed by atoms with Crippen LogP contribution in [0.2, 0.25) is 0 Å². The Balaban J connectivity index is 5.46. The molecule has 0 fully saturated rings. The van der Waals surface area contributed by atoms with Crippen molar-refractivity contribution in [3.63, 3.8) is 0 Å². The number of hydrogen-bond acceptors (Lipinski definition) is 8. The zero-order chi connectivity index (χ0) is 20.2. The molecular weight excluding hydrogens is 373 g/mol. The fraction of sp³-hybridized carbons (Fsp3) is 0.769. The van der Waals surface area contributed by atoms with Crippen LogP contribution >= 0.6 is 0 Å². The largest absolute Gasteiger partial charge is 0.549 e. The second-order valence-corrected chi connectivity index (χ2v) is 8.29. The topological polar surface area (TPSA) is 127 Å². The summed E-state index contributed by atoms with van der Waals surface area (Å²) < 4.78 is 70.7. The van der Waals surface area contributed by atoms with Crippen LogP contribution in [0.4, 0.5) is 13.2 Å². The van der Waals surface area contributed by atoms with E-state index in [4.69, 9.17) is 0 Å². The van der Waals surface area contributed by atoms with Gasteiger partial charge in [0.15, 0.2) is 9.84 Å². The molecule has 8 nitrogen and oxygen atoms in total. The molecule has 0 spiro atoms. The molecule has 25 heavy (non-hydrogen) atoms. The Bertz CT molecular complexity index is 618. The molecule has 0 saturated heterocycles. The van der Waals surface area contributed by atoms with Gasteiger partial charge in [-0.15, -0.1) is 0 Å². The van der Waals surface area contributed by atoms with E-state index in [0.717, 1.165) is 7.11 Å². The molecule has 0 amide bonds. The quantitative estimate of drug-likeness (QED) is 0.530. The Labute approximate surface area is 142 Å². The first-order valence-corrected chi connectivity index (χ1v) is 8.57. The third-order valence-electron chi connectivity index (χ3n) is 2.92. The highest BCUT2D eigenvalue weighted by Crippen LogP contribution is 2.38. The highest BCUT2D eigenvalue weighted by Gasteiger charge is 2.51. The van der Waals surface area contributed by atoms with Gasteiger partial charge in [0, 0.05) is 0 Å². The van der Waals surface area contributed by atoms with Gasteiger partial charge in [-0.2, -0.15) is 13.2 Å². The number of hydrogen-bond donors (Lipinski definition) is 0. The zero-order valence-electron chi connectivity index (χ0n) is 13.9. The molecule has 0 rings (SSSR count). The van der Waals surface area contributed by atoms with Crippen LogP contribution in [-0.4, -0.2) is 57.2 Å².